The first-order valence-corrected chi connectivity index (χ1v) is 9.09. The molecule has 25 heavy (non-hydrogen) atoms. The van der Waals surface area contributed by atoms with Gasteiger partial charge >= 0.3 is 0 Å². The molecule has 3 saturated heterocycles. The number of ether oxygens (including phenoxy) is 2. The number of rotatable bonds is 3. The molecule has 0 aromatic heterocycles. The third kappa shape index (κ3) is 2.99. The van der Waals surface area contributed by atoms with Gasteiger partial charge in [-0.2, -0.15) is 0 Å². The molecule has 0 aliphatic carbocycles. The van der Waals surface area contributed by atoms with Gasteiger partial charge in [0, 0.05) is 25.9 Å². The summed E-state index contributed by atoms with van der Waals surface area (Å²) in [5, 5.41) is 0. The van der Waals surface area contributed by atoms with Crippen LogP contribution >= 0.6 is 0 Å². The number of nitrogens with zero attached hydrogens (tertiary/aromatic N) is 2. The van der Waals surface area contributed by atoms with Gasteiger partial charge in [-0.1, -0.05) is 19.1 Å². The van der Waals surface area contributed by atoms with Crippen LogP contribution in [0.2, 0.25) is 0 Å². The maximum Gasteiger partial charge on any atom is 0.251 e. The van der Waals surface area contributed by atoms with Gasteiger partial charge in [0.2, 0.25) is 5.91 Å². The van der Waals surface area contributed by atoms with E-state index in [0.717, 1.165) is 19.3 Å². The lowest BCUT2D eigenvalue weighted by Crippen LogP contribution is -2.51. The summed E-state index contributed by atoms with van der Waals surface area (Å²) in [5.74, 6) is -0.691. The zero-order valence-corrected chi connectivity index (χ0v) is 14.6. The lowest BCUT2D eigenvalue weighted by Gasteiger charge is -2.39. The number of carbonyl (C=O) groups is 2. The van der Waals surface area contributed by atoms with Crippen molar-refractivity contribution in [1.82, 2.24) is 4.90 Å². The summed E-state index contributed by atoms with van der Waals surface area (Å²) in [5.41, 5.74) is 1.86. The molecule has 134 valence electrons. The van der Waals surface area contributed by atoms with Crippen LogP contribution in [0.25, 0.3) is 0 Å². The maximum atomic E-state index is 12.9. The van der Waals surface area contributed by atoms with E-state index in [1.54, 1.807) is 0 Å². The highest BCUT2D eigenvalue weighted by Gasteiger charge is 2.47. The molecule has 4 rings (SSSR count). The van der Waals surface area contributed by atoms with Crippen LogP contribution in [0.15, 0.2) is 24.3 Å². The second-order valence-electron chi connectivity index (χ2n) is 6.95. The van der Waals surface area contributed by atoms with Gasteiger partial charge in [0.1, 0.15) is 0 Å². The number of hydrogen-bond donors (Lipinski definition) is 0. The second-order valence-corrected chi connectivity index (χ2v) is 6.95. The van der Waals surface area contributed by atoms with Gasteiger partial charge in [-0.15, -0.1) is 0 Å². The quantitative estimate of drug-likeness (QED) is 0.782. The molecule has 6 nitrogen and oxygen atoms in total. The van der Waals surface area contributed by atoms with E-state index in [1.165, 1.54) is 10.5 Å². The van der Waals surface area contributed by atoms with Crippen molar-refractivity contribution in [2.45, 2.75) is 44.4 Å². The highest BCUT2D eigenvalue weighted by molar-refractivity contribution is 6.22. The van der Waals surface area contributed by atoms with Gasteiger partial charge in [-0.05, 0) is 24.1 Å². The average molecular weight is 344 g/mol. The molecule has 3 heterocycles. The minimum Gasteiger partial charge on any atom is -0.347 e. The summed E-state index contributed by atoms with van der Waals surface area (Å²) in [4.78, 5) is 28.8. The Labute approximate surface area is 147 Å². The zero-order chi connectivity index (χ0) is 17.4. The van der Waals surface area contributed by atoms with Gasteiger partial charge in [0.05, 0.1) is 31.4 Å². The van der Waals surface area contributed by atoms with E-state index in [2.05, 4.69) is 11.8 Å². The van der Waals surface area contributed by atoms with Gasteiger partial charge in [0.25, 0.3) is 5.91 Å². The number of aryl methyl sites for hydroxylation is 1. The Morgan fingerprint density at radius 2 is 1.72 bits per heavy atom. The molecule has 3 aliphatic heterocycles. The third-order valence-electron chi connectivity index (χ3n) is 5.54. The Morgan fingerprint density at radius 1 is 1.08 bits per heavy atom. The molecule has 0 bridgehead atoms. The molecule has 1 aromatic carbocycles. The second kappa shape index (κ2) is 6.52. The van der Waals surface area contributed by atoms with Gasteiger partial charge < -0.3 is 9.47 Å². The van der Waals surface area contributed by atoms with Crippen molar-refractivity contribution in [3.63, 3.8) is 0 Å². The Hall–Kier alpha value is -1.76. The maximum absolute atomic E-state index is 12.9. The van der Waals surface area contributed by atoms with Crippen LogP contribution in [-0.4, -0.2) is 54.8 Å². The molecule has 1 atom stereocenters. The first-order chi connectivity index (χ1) is 12.1. The Kier molecular flexibility index (Phi) is 4.35. The first kappa shape index (κ1) is 16.7. The van der Waals surface area contributed by atoms with E-state index in [9.17, 15) is 9.59 Å². The number of anilines is 1. The molecule has 1 spiro atoms. The van der Waals surface area contributed by atoms with E-state index in [4.69, 9.17) is 9.47 Å². The number of benzene rings is 1. The standard InChI is InChI=1S/C19H24N2O4/c1-2-14-3-5-15(6-4-14)21-17(22)13-16(18(21)23)20-9-7-19(8-10-20)24-11-12-25-19/h3-6,16H,2,7-13H2,1H3/t16-/m0/s1. The lowest BCUT2D eigenvalue weighted by atomic mass is 10.0. The largest absolute Gasteiger partial charge is 0.347 e. The Bertz CT molecular complexity index is 657. The lowest BCUT2D eigenvalue weighted by molar-refractivity contribution is -0.188. The SMILES string of the molecule is CCc1ccc(N2C(=O)C[C@H](N3CCC4(CC3)OCCO4)C2=O)cc1. The van der Waals surface area contributed by atoms with E-state index < -0.39 is 5.79 Å². The third-order valence-corrected chi connectivity index (χ3v) is 5.54. The van der Waals surface area contributed by atoms with E-state index >= 15 is 0 Å². The van der Waals surface area contributed by atoms with Crippen LogP contribution in [0.3, 0.4) is 0 Å². The fraction of sp³-hybridized carbons (Fsp3) is 0.579. The zero-order valence-electron chi connectivity index (χ0n) is 14.6. The molecule has 3 fully saturated rings. The van der Waals surface area contributed by atoms with E-state index in [-0.39, 0.29) is 24.3 Å². The fourth-order valence-electron chi connectivity index (χ4n) is 4.02. The number of amides is 2. The van der Waals surface area contributed by atoms with Crippen molar-refractivity contribution in [3.05, 3.63) is 29.8 Å². The molecule has 3 aliphatic rings. The summed E-state index contributed by atoms with van der Waals surface area (Å²) in [6, 6.07) is 7.31. The molecular formula is C19H24N2O4. The van der Waals surface area contributed by atoms with Crippen molar-refractivity contribution in [2.24, 2.45) is 0 Å². The van der Waals surface area contributed by atoms with Crippen molar-refractivity contribution >= 4 is 17.5 Å². The van der Waals surface area contributed by atoms with Crippen molar-refractivity contribution in [3.8, 4) is 0 Å². The highest BCUT2D eigenvalue weighted by atomic mass is 16.7. The number of piperidine rings is 1. The average Bonchev–Trinajstić information content (AvgIpc) is 3.21. The molecule has 1 aromatic rings. The smallest absolute Gasteiger partial charge is 0.251 e. The van der Waals surface area contributed by atoms with Crippen molar-refractivity contribution in [1.29, 1.82) is 0 Å². The van der Waals surface area contributed by atoms with Crippen LogP contribution in [-0.2, 0) is 25.5 Å². The predicted molar refractivity (Wildman–Crippen MR) is 92.2 cm³/mol. The van der Waals surface area contributed by atoms with Gasteiger partial charge in [-0.25, -0.2) is 4.90 Å². The molecule has 6 heteroatoms. The van der Waals surface area contributed by atoms with Crippen LogP contribution in [0.5, 0.6) is 0 Å². The van der Waals surface area contributed by atoms with Crippen molar-refractivity contribution in [2.75, 3.05) is 31.2 Å². The summed E-state index contributed by atoms with van der Waals surface area (Å²) in [7, 11) is 0. The van der Waals surface area contributed by atoms with Gasteiger partial charge in [0.15, 0.2) is 5.79 Å². The summed E-state index contributed by atoms with van der Waals surface area (Å²) >= 11 is 0. The summed E-state index contributed by atoms with van der Waals surface area (Å²) < 4.78 is 11.5. The van der Waals surface area contributed by atoms with Crippen molar-refractivity contribution < 1.29 is 19.1 Å². The summed E-state index contributed by atoms with van der Waals surface area (Å²) in [6.45, 7) is 4.79. The molecule has 2 amide bonds. The molecule has 0 unspecified atom stereocenters. The molecule has 0 radical (unpaired) electrons. The Morgan fingerprint density at radius 3 is 2.32 bits per heavy atom. The van der Waals surface area contributed by atoms with Crippen LogP contribution in [0.1, 0.15) is 31.7 Å². The van der Waals surface area contributed by atoms with Crippen LogP contribution < -0.4 is 4.90 Å². The van der Waals surface area contributed by atoms with Gasteiger partial charge in [-0.3, -0.25) is 14.5 Å². The number of likely N-dealkylation sites (tertiary alicyclic amines) is 1. The normalized spacial score (nSPS) is 26.8. The minimum absolute atomic E-state index is 0.113. The van der Waals surface area contributed by atoms with E-state index in [0.29, 0.717) is 32.0 Å². The number of hydrogen-bond acceptors (Lipinski definition) is 5. The molecular weight excluding hydrogens is 320 g/mol. The highest BCUT2D eigenvalue weighted by Crippen LogP contribution is 2.34. The summed E-state index contributed by atoms with van der Waals surface area (Å²) in [6.07, 6.45) is 2.68. The van der Waals surface area contributed by atoms with Crippen LogP contribution in [0.4, 0.5) is 5.69 Å². The van der Waals surface area contributed by atoms with Crippen LogP contribution in [0, 0.1) is 0 Å². The molecule has 0 N–H and O–H groups in total. The first-order valence-electron chi connectivity index (χ1n) is 9.09. The predicted octanol–water partition coefficient (Wildman–Crippen LogP) is 1.72. The Balaban J connectivity index is 1.45. The monoisotopic (exact) mass is 344 g/mol. The topological polar surface area (TPSA) is 59.1 Å². The minimum atomic E-state index is -0.460. The molecule has 0 saturated carbocycles. The van der Waals surface area contributed by atoms with E-state index in [1.807, 2.05) is 24.3 Å². The fourth-order valence-corrected chi connectivity index (χ4v) is 4.02. The number of carbonyl (C=O) groups excluding carboxylic acids is 2. The number of imide groups is 1.